The average molecular weight is 224 g/mol. The summed E-state index contributed by atoms with van der Waals surface area (Å²) in [5.41, 5.74) is 4.87. The number of benzene rings is 1. The van der Waals surface area contributed by atoms with Crippen molar-refractivity contribution in [2.24, 2.45) is 5.84 Å². The number of nitrogens with two attached hydrogens (primary N) is 1. The van der Waals surface area contributed by atoms with Crippen LogP contribution in [0.3, 0.4) is 0 Å². The van der Waals surface area contributed by atoms with Crippen LogP contribution in [-0.2, 0) is 0 Å². The lowest BCUT2D eigenvalue weighted by Gasteiger charge is -2.18. The van der Waals surface area contributed by atoms with Crippen molar-refractivity contribution in [3.63, 3.8) is 0 Å². The molecule has 1 rings (SSSR count). The van der Waals surface area contributed by atoms with E-state index in [4.69, 9.17) is 5.84 Å². The predicted molar refractivity (Wildman–Crippen MR) is 65.3 cm³/mol. The Labute approximate surface area is 97.0 Å². The molecule has 2 nitrogen and oxygen atoms in total. The number of nitrogens with one attached hydrogen (secondary N) is 1. The van der Waals surface area contributed by atoms with Crippen LogP contribution in [0.25, 0.3) is 0 Å². The number of hydrogen-bond acceptors (Lipinski definition) is 2. The van der Waals surface area contributed by atoms with E-state index < -0.39 is 0 Å². The van der Waals surface area contributed by atoms with Gasteiger partial charge in [0.15, 0.2) is 0 Å². The summed E-state index contributed by atoms with van der Waals surface area (Å²) < 4.78 is 13.0. The molecular weight excluding hydrogens is 203 g/mol. The summed E-state index contributed by atoms with van der Waals surface area (Å²) >= 11 is 0. The van der Waals surface area contributed by atoms with E-state index in [1.165, 1.54) is 18.9 Å². The van der Waals surface area contributed by atoms with Gasteiger partial charge in [0.2, 0.25) is 0 Å². The molecule has 0 heterocycles. The van der Waals surface area contributed by atoms with E-state index >= 15 is 0 Å². The maximum atomic E-state index is 13.0. The zero-order chi connectivity index (χ0) is 12.0. The first kappa shape index (κ1) is 13.1. The van der Waals surface area contributed by atoms with Crippen LogP contribution in [0.2, 0.25) is 0 Å². The molecule has 0 bridgehead atoms. The van der Waals surface area contributed by atoms with Crippen LogP contribution in [0.5, 0.6) is 0 Å². The molecule has 0 fully saturated rings. The summed E-state index contributed by atoms with van der Waals surface area (Å²) in [6.07, 6.45) is 4.54. The zero-order valence-corrected chi connectivity index (χ0v) is 10.1. The molecule has 0 spiro atoms. The fourth-order valence-electron chi connectivity index (χ4n) is 1.96. The molecular formula is C13H21FN2. The molecule has 0 saturated heterocycles. The van der Waals surface area contributed by atoms with Crippen molar-refractivity contribution < 1.29 is 4.39 Å². The van der Waals surface area contributed by atoms with Gasteiger partial charge in [-0.15, -0.1) is 0 Å². The number of hydrazine groups is 1. The first-order chi connectivity index (χ1) is 7.69. The normalized spacial score (nSPS) is 12.8. The molecule has 90 valence electrons. The predicted octanol–water partition coefficient (Wildman–Crippen LogP) is 3.22. The van der Waals surface area contributed by atoms with Crippen LogP contribution >= 0.6 is 0 Å². The third-order valence-electron chi connectivity index (χ3n) is 2.90. The molecule has 1 aromatic rings. The maximum absolute atomic E-state index is 13.0. The van der Waals surface area contributed by atoms with E-state index in [1.807, 2.05) is 13.0 Å². The number of hydrogen-bond donors (Lipinski definition) is 2. The third kappa shape index (κ3) is 3.58. The number of halogens is 1. The number of aryl methyl sites for hydroxylation is 1. The quantitative estimate of drug-likeness (QED) is 0.442. The molecule has 1 aromatic carbocycles. The highest BCUT2D eigenvalue weighted by molar-refractivity contribution is 5.29. The zero-order valence-electron chi connectivity index (χ0n) is 10.1. The van der Waals surface area contributed by atoms with Gasteiger partial charge in [0.1, 0.15) is 5.82 Å². The van der Waals surface area contributed by atoms with Crippen molar-refractivity contribution in [3.05, 3.63) is 35.1 Å². The van der Waals surface area contributed by atoms with Gasteiger partial charge in [0, 0.05) is 6.04 Å². The molecule has 0 amide bonds. The molecule has 0 saturated carbocycles. The highest BCUT2D eigenvalue weighted by atomic mass is 19.1. The summed E-state index contributed by atoms with van der Waals surface area (Å²) in [6.45, 7) is 4.09. The SMILES string of the molecule is CCCCCC(NN)c1ccc(F)cc1C. The molecule has 3 N–H and O–H groups in total. The molecule has 0 radical (unpaired) electrons. The van der Waals surface area contributed by atoms with Crippen LogP contribution in [-0.4, -0.2) is 0 Å². The second-order valence-corrected chi connectivity index (χ2v) is 4.22. The summed E-state index contributed by atoms with van der Waals surface area (Å²) in [5, 5.41) is 0. The molecule has 0 aromatic heterocycles. The maximum Gasteiger partial charge on any atom is 0.123 e. The van der Waals surface area contributed by atoms with Gasteiger partial charge in [-0.05, 0) is 36.6 Å². The van der Waals surface area contributed by atoms with Crippen molar-refractivity contribution in [1.29, 1.82) is 0 Å². The van der Waals surface area contributed by atoms with Crippen LogP contribution in [0, 0.1) is 12.7 Å². The lowest BCUT2D eigenvalue weighted by molar-refractivity contribution is 0.484. The fraction of sp³-hybridized carbons (Fsp3) is 0.538. The Bertz CT molecular complexity index is 326. The Morgan fingerprint density at radius 1 is 1.38 bits per heavy atom. The minimum absolute atomic E-state index is 0.132. The Morgan fingerprint density at radius 2 is 2.12 bits per heavy atom. The van der Waals surface area contributed by atoms with E-state index in [0.29, 0.717) is 0 Å². The summed E-state index contributed by atoms with van der Waals surface area (Å²) in [5.74, 6) is 5.36. The van der Waals surface area contributed by atoms with Crippen molar-refractivity contribution in [1.82, 2.24) is 5.43 Å². The van der Waals surface area contributed by atoms with Gasteiger partial charge in [-0.3, -0.25) is 11.3 Å². The first-order valence-electron chi connectivity index (χ1n) is 5.91. The second kappa shape index (κ2) is 6.61. The smallest absolute Gasteiger partial charge is 0.123 e. The van der Waals surface area contributed by atoms with E-state index in [0.717, 1.165) is 24.0 Å². The van der Waals surface area contributed by atoms with Crippen LogP contribution in [0.15, 0.2) is 18.2 Å². The topological polar surface area (TPSA) is 38.0 Å². The number of unbranched alkanes of at least 4 members (excludes halogenated alkanes) is 2. The standard InChI is InChI=1S/C13H21FN2/c1-3-4-5-6-13(16-15)12-8-7-11(14)9-10(12)2/h7-9,13,16H,3-6,15H2,1-2H3. The van der Waals surface area contributed by atoms with E-state index in [1.54, 1.807) is 6.07 Å². The number of rotatable bonds is 6. The largest absolute Gasteiger partial charge is 0.271 e. The molecule has 1 atom stereocenters. The van der Waals surface area contributed by atoms with Gasteiger partial charge in [0.25, 0.3) is 0 Å². The second-order valence-electron chi connectivity index (χ2n) is 4.22. The average Bonchev–Trinajstić information content (AvgIpc) is 2.26. The van der Waals surface area contributed by atoms with Crippen molar-refractivity contribution >= 4 is 0 Å². The Morgan fingerprint density at radius 3 is 2.69 bits per heavy atom. The Balaban J connectivity index is 2.70. The van der Waals surface area contributed by atoms with Crippen molar-refractivity contribution in [2.45, 2.75) is 45.6 Å². The molecule has 3 heteroatoms. The molecule has 0 aliphatic heterocycles. The molecule has 0 aliphatic carbocycles. The van der Waals surface area contributed by atoms with Gasteiger partial charge < -0.3 is 0 Å². The van der Waals surface area contributed by atoms with E-state index in [-0.39, 0.29) is 11.9 Å². The monoisotopic (exact) mass is 224 g/mol. The van der Waals surface area contributed by atoms with E-state index in [2.05, 4.69) is 12.3 Å². The van der Waals surface area contributed by atoms with Crippen LogP contribution < -0.4 is 11.3 Å². The van der Waals surface area contributed by atoms with Crippen molar-refractivity contribution in [2.75, 3.05) is 0 Å². The van der Waals surface area contributed by atoms with Gasteiger partial charge in [-0.2, -0.15) is 0 Å². The Kier molecular flexibility index (Phi) is 5.43. The fourth-order valence-corrected chi connectivity index (χ4v) is 1.96. The van der Waals surface area contributed by atoms with Gasteiger partial charge in [0.05, 0.1) is 0 Å². The van der Waals surface area contributed by atoms with Crippen molar-refractivity contribution in [3.8, 4) is 0 Å². The lowest BCUT2D eigenvalue weighted by atomic mass is 9.97. The van der Waals surface area contributed by atoms with Gasteiger partial charge in [-0.1, -0.05) is 32.3 Å². The summed E-state index contributed by atoms with van der Waals surface area (Å²) in [7, 11) is 0. The van der Waals surface area contributed by atoms with Crippen LogP contribution in [0.1, 0.15) is 49.8 Å². The van der Waals surface area contributed by atoms with E-state index in [9.17, 15) is 4.39 Å². The summed E-state index contributed by atoms with van der Waals surface area (Å²) in [6, 6.07) is 5.00. The van der Waals surface area contributed by atoms with Gasteiger partial charge in [-0.25, -0.2) is 4.39 Å². The Hall–Kier alpha value is -0.930. The summed E-state index contributed by atoms with van der Waals surface area (Å²) in [4.78, 5) is 0. The minimum Gasteiger partial charge on any atom is -0.271 e. The molecule has 1 unspecified atom stereocenters. The highest BCUT2D eigenvalue weighted by Gasteiger charge is 2.11. The minimum atomic E-state index is -0.189. The lowest BCUT2D eigenvalue weighted by Crippen LogP contribution is -2.28. The third-order valence-corrected chi connectivity index (χ3v) is 2.90. The van der Waals surface area contributed by atoms with Crippen LogP contribution in [0.4, 0.5) is 4.39 Å². The van der Waals surface area contributed by atoms with Gasteiger partial charge >= 0.3 is 0 Å². The highest BCUT2D eigenvalue weighted by Crippen LogP contribution is 2.22. The molecule has 0 aliphatic rings. The first-order valence-corrected chi connectivity index (χ1v) is 5.91. The molecule has 16 heavy (non-hydrogen) atoms.